The summed E-state index contributed by atoms with van der Waals surface area (Å²) < 4.78 is 0. The second kappa shape index (κ2) is 6.19. The number of anilines is 1. The highest BCUT2D eigenvalue weighted by Gasteiger charge is 2.11. The number of benzene rings is 1. The molecular weight excluding hydrogens is 254 g/mol. The lowest BCUT2D eigenvalue weighted by Crippen LogP contribution is -2.44. The summed E-state index contributed by atoms with van der Waals surface area (Å²) in [5, 5.41) is 6.66. The molecule has 1 aromatic carbocycles. The third-order valence-electron chi connectivity index (χ3n) is 2.70. The molecule has 1 saturated heterocycles. The van der Waals surface area contributed by atoms with E-state index < -0.39 is 0 Å². The van der Waals surface area contributed by atoms with E-state index >= 15 is 0 Å². The van der Waals surface area contributed by atoms with Gasteiger partial charge in [0.1, 0.15) is 0 Å². The van der Waals surface area contributed by atoms with Crippen LogP contribution in [0.2, 0.25) is 5.02 Å². The minimum Gasteiger partial charge on any atom is -0.332 e. The van der Waals surface area contributed by atoms with E-state index in [1.54, 1.807) is 0 Å². The average molecular weight is 270 g/mol. The van der Waals surface area contributed by atoms with Gasteiger partial charge in [-0.15, -0.1) is 0 Å². The third kappa shape index (κ3) is 3.84. The van der Waals surface area contributed by atoms with Gasteiger partial charge >= 0.3 is 0 Å². The van der Waals surface area contributed by atoms with Crippen molar-refractivity contribution in [1.82, 2.24) is 10.4 Å². The first-order chi connectivity index (χ1) is 8.25. The minimum atomic E-state index is 0.717. The van der Waals surface area contributed by atoms with Gasteiger partial charge in [0.25, 0.3) is 0 Å². The minimum absolute atomic E-state index is 0.717. The maximum atomic E-state index is 5.84. The van der Waals surface area contributed by atoms with Crippen LogP contribution >= 0.6 is 23.8 Å². The predicted octanol–water partition coefficient (Wildman–Crippen LogP) is 3.03. The van der Waals surface area contributed by atoms with Crippen molar-refractivity contribution in [2.45, 2.75) is 19.3 Å². The highest BCUT2D eigenvalue weighted by Crippen LogP contribution is 2.14. The first-order valence-electron chi connectivity index (χ1n) is 5.83. The molecule has 1 fully saturated rings. The molecule has 0 atom stereocenters. The van der Waals surface area contributed by atoms with E-state index in [9.17, 15) is 0 Å². The van der Waals surface area contributed by atoms with Gasteiger partial charge in [0.2, 0.25) is 0 Å². The van der Waals surface area contributed by atoms with Crippen molar-refractivity contribution >= 4 is 34.6 Å². The van der Waals surface area contributed by atoms with Crippen molar-refractivity contribution in [1.29, 1.82) is 0 Å². The Kier molecular flexibility index (Phi) is 4.59. The van der Waals surface area contributed by atoms with Crippen LogP contribution in [0, 0.1) is 0 Å². The first-order valence-corrected chi connectivity index (χ1v) is 6.62. The van der Waals surface area contributed by atoms with Crippen LogP contribution < -0.4 is 10.7 Å². The fraction of sp³-hybridized carbons (Fsp3) is 0.417. The molecule has 2 N–H and O–H groups in total. The number of nitrogens with zero attached hydrogens (tertiary/aromatic N) is 1. The van der Waals surface area contributed by atoms with E-state index in [2.05, 4.69) is 10.7 Å². The molecule has 1 heterocycles. The number of hydrogen-bond acceptors (Lipinski definition) is 2. The van der Waals surface area contributed by atoms with Crippen molar-refractivity contribution in [2.24, 2.45) is 0 Å². The topological polar surface area (TPSA) is 27.3 Å². The number of hydrazine groups is 1. The van der Waals surface area contributed by atoms with Gasteiger partial charge in [0.15, 0.2) is 5.11 Å². The highest BCUT2D eigenvalue weighted by molar-refractivity contribution is 7.80. The van der Waals surface area contributed by atoms with Crippen LogP contribution in [0.25, 0.3) is 0 Å². The summed E-state index contributed by atoms with van der Waals surface area (Å²) in [6, 6.07) is 7.55. The maximum absolute atomic E-state index is 5.84. The zero-order valence-corrected chi connectivity index (χ0v) is 11.2. The fourth-order valence-electron chi connectivity index (χ4n) is 1.76. The van der Waals surface area contributed by atoms with Crippen LogP contribution in [-0.2, 0) is 0 Å². The fourth-order valence-corrected chi connectivity index (χ4v) is 2.16. The molecule has 0 aliphatic carbocycles. The molecule has 1 aliphatic heterocycles. The molecule has 1 aliphatic rings. The SMILES string of the molecule is S=C(Nc1ccc(Cl)cc1)N1CCCCCN1. The van der Waals surface area contributed by atoms with Crippen LogP contribution in [0.15, 0.2) is 24.3 Å². The normalized spacial score (nSPS) is 16.4. The quantitative estimate of drug-likeness (QED) is 0.767. The summed E-state index contributed by atoms with van der Waals surface area (Å²) in [6.45, 7) is 1.95. The van der Waals surface area contributed by atoms with Crippen molar-refractivity contribution < 1.29 is 0 Å². The summed E-state index contributed by atoms with van der Waals surface area (Å²) in [4.78, 5) is 0. The van der Waals surface area contributed by atoms with Crippen LogP contribution in [0.1, 0.15) is 19.3 Å². The Morgan fingerprint density at radius 1 is 1.24 bits per heavy atom. The van der Waals surface area contributed by atoms with E-state index in [1.807, 2.05) is 29.3 Å². The molecule has 0 amide bonds. The zero-order valence-electron chi connectivity index (χ0n) is 9.58. The largest absolute Gasteiger partial charge is 0.332 e. The van der Waals surface area contributed by atoms with Crippen LogP contribution in [0.4, 0.5) is 5.69 Å². The first kappa shape index (κ1) is 12.6. The lowest BCUT2D eigenvalue weighted by molar-refractivity contribution is 0.334. The lowest BCUT2D eigenvalue weighted by Gasteiger charge is -2.24. The Labute approximate surface area is 112 Å². The summed E-state index contributed by atoms with van der Waals surface area (Å²) in [6.07, 6.45) is 3.64. The molecular formula is C12H16ClN3S. The van der Waals surface area contributed by atoms with Crippen molar-refractivity contribution in [3.05, 3.63) is 29.3 Å². The Bertz CT molecular complexity index is 372. The molecule has 3 nitrogen and oxygen atoms in total. The number of hydrogen-bond donors (Lipinski definition) is 2. The number of thiocarbonyl (C=S) groups is 1. The standard InChI is InChI=1S/C12H16ClN3S/c13-10-4-6-11(7-5-10)15-12(17)16-9-3-1-2-8-14-16/h4-7,14H,1-3,8-9H2,(H,15,17). The second-order valence-electron chi connectivity index (χ2n) is 4.06. The lowest BCUT2D eigenvalue weighted by atomic mass is 10.2. The van der Waals surface area contributed by atoms with Gasteiger partial charge in [0, 0.05) is 23.8 Å². The molecule has 0 unspecified atom stereocenters. The zero-order chi connectivity index (χ0) is 12.1. The summed E-state index contributed by atoms with van der Waals surface area (Å²) in [5.41, 5.74) is 4.28. The third-order valence-corrected chi connectivity index (χ3v) is 3.28. The van der Waals surface area contributed by atoms with Gasteiger partial charge in [-0.3, -0.25) is 5.01 Å². The molecule has 1 aromatic rings. The van der Waals surface area contributed by atoms with E-state index in [0.717, 1.165) is 23.8 Å². The Hall–Kier alpha value is -0.840. The second-order valence-corrected chi connectivity index (χ2v) is 4.88. The average Bonchev–Trinajstić information content (AvgIpc) is 2.61. The molecule has 0 radical (unpaired) electrons. The summed E-state index contributed by atoms with van der Waals surface area (Å²) >= 11 is 11.2. The molecule has 2 rings (SSSR count). The number of rotatable bonds is 1. The van der Waals surface area contributed by atoms with Gasteiger partial charge < -0.3 is 5.32 Å². The summed E-state index contributed by atoms with van der Waals surface area (Å²) in [7, 11) is 0. The number of nitrogens with one attached hydrogen (secondary N) is 2. The van der Waals surface area contributed by atoms with Gasteiger partial charge in [-0.1, -0.05) is 18.0 Å². The van der Waals surface area contributed by atoms with E-state index in [-0.39, 0.29) is 0 Å². The van der Waals surface area contributed by atoms with Crippen LogP contribution in [0.5, 0.6) is 0 Å². The van der Waals surface area contributed by atoms with E-state index in [1.165, 1.54) is 19.3 Å². The molecule has 0 saturated carbocycles. The Morgan fingerprint density at radius 2 is 2.00 bits per heavy atom. The van der Waals surface area contributed by atoms with Crippen molar-refractivity contribution in [2.75, 3.05) is 18.4 Å². The van der Waals surface area contributed by atoms with Crippen molar-refractivity contribution in [3.63, 3.8) is 0 Å². The monoisotopic (exact) mass is 269 g/mol. The number of halogens is 1. The highest BCUT2D eigenvalue weighted by atomic mass is 35.5. The van der Waals surface area contributed by atoms with E-state index in [4.69, 9.17) is 23.8 Å². The van der Waals surface area contributed by atoms with Gasteiger partial charge in [0.05, 0.1) is 0 Å². The van der Waals surface area contributed by atoms with Crippen molar-refractivity contribution in [3.8, 4) is 0 Å². The molecule has 17 heavy (non-hydrogen) atoms. The van der Waals surface area contributed by atoms with Gasteiger partial charge in [-0.05, 0) is 49.3 Å². The summed E-state index contributed by atoms with van der Waals surface area (Å²) in [5.74, 6) is 0. The van der Waals surface area contributed by atoms with E-state index in [0.29, 0.717) is 5.11 Å². The molecule has 0 bridgehead atoms. The molecule has 0 spiro atoms. The molecule has 5 heteroatoms. The van der Waals surface area contributed by atoms with Gasteiger partial charge in [-0.25, -0.2) is 5.43 Å². The predicted molar refractivity (Wildman–Crippen MR) is 76.2 cm³/mol. The maximum Gasteiger partial charge on any atom is 0.187 e. The van der Waals surface area contributed by atoms with Crippen LogP contribution in [0.3, 0.4) is 0 Å². The van der Waals surface area contributed by atoms with Crippen LogP contribution in [-0.4, -0.2) is 23.2 Å². The smallest absolute Gasteiger partial charge is 0.187 e. The molecule has 92 valence electrons. The van der Waals surface area contributed by atoms with Gasteiger partial charge in [-0.2, -0.15) is 0 Å². The Balaban J connectivity index is 1.93. The molecule has 0 aromatic heterocycles. The Morgan fingerprint density at radius 3 is 2.76 bits per heavy atom.